The average Bonchev–Trinajstić information content (AvgIpc) is 2.15. The number of rotatable bonds is 5. The maximum Gasteiger partial charge on any atom is 0.236 e. The molecule has 0 aliphatic heterocycles. The number of hydrogen-bond donors (Lipinski definition) is 2. The fourth-order valence-corrected chi connectivity index (χ4v) is 2.50. The Morgan fingerprint density at radius 2 is 2.31 bits per heavy atom. The smallest absolute Gasteiger partial charge is 0.236 e. The van der Waals surface area contributed by atoms with Crippen LogP contribution >= 0.6 is 0 Å². The number of nitrogens with one attached hydrogen (secondary N) is 1. The van der Waals surface area contributed by atoms with E-state index in [0.29, 0.717) is 18.1 Å². The molecule has 4 nitrogen and oxygen atoms in total. The van der Waals surface area contributed by atoms with E-state index in [1.165, 1.54) is 12.8 Å². The van der Waals surface area contributed by atoms with Gasteiger partial charge < -0.3 is 15.8 Å². The predicted molar refractivity (Wildman–Crippen MR) is 64.0 cm³/mol. The Labute approximate surface area is 97.9 Å². The number of ether oxygens (including phenoxy) is 1. The third kappa shape index (κ3) is 4.10. The molecule has 2 atom stereocenters. The van der Waals surface area contributed by atoms with Crippen LogP contribution in [0, 0.1) is 5.41 Å². The number of carbonyl (C=O) groups excluding carboxylic acids is 1. The van der Waals surface area contributed by atoms with Crippen molar-refractivity contribution in [1.29, 1.82) is 0 Å². The number of primary amides is 1. The van der Waals surface area contributed by atoms with Crippen LogP contribution in [0.1, 0.15) is 39.5 Å². The number of hydrogen-bond acceptors (Lipinski definition) is 3. The Morgan fingerprint density at radius 3 is 2.81 bits per heavy atom. The zero-order valence-corrected chi connectivity index (χ0v) is 10.6. The highest BCUT2D eigenvalue weighted by Crippen LogP contribution is 2.35. The molecule has 1 fully saturated rings. The molecular formula is C12H24N2O2. The van der Waals surface area contributed by atoms with Crippen LogP contribution in [0.2, 0.25) is 0 Å². The van der Waals surface area contributed by atoms with Crippen molar-refractivity contribution in [2.75, 3.05) is 13.7 Å². The van der Waals surface area contributed by atoms with Gasteiger partial charge in [0.05, 0.1) is 6.61 Å². The second-order valence-corrected chi connectivity index (χ2v) is 5.53. The van der Waals surface area contributed by atoms with Gasteiger partial charge in [0.25, 0.3) is 0 Å². The highest BCUT2D eigenvalue weighted by Gasteiger charge is 2.30. The molecule has 3 N–H and O–H groups in total. The van der Waals surface area contributed by atoms with Gasteiger partial charge in [0.1, 0.15) is 6.04 Å². The van der Waals surface area contributed by atoms with Crippen molar-refractivity contribution in [3.05, 3.63) is 0 Å². The van der Waals surface area contributed by atoms with Crippen molar-refractivity contribution in [3.63, 3.8) is 0 Å². The number of carbonyl (C=O) groups is 1. The van der Waals surface area contributed by atoms with Crippen LogP contribution in [0.5, 0.6) is 0 Å². The van der Waals surface area contributed by atoms with Gasteiger partial charge in [0.2, 0.25) is 5.91 Å². The molecule has 1 aliphatic rings. The summed E-state index contributed by atoms with van der Waals surface area (Å²) >= 11 is 0. The molecule has 0 spiro atoms. The second-order valence-electron chi connectivity index (χ2n) is 5.53. The van der Waals surface area contributed by atoms with Gasteiger partial charge in [0, 0.05) is 13.2 Å². The molecule has 0 aromatic carbocycles. The molecule has 0 radical (unpaired) electrons. The van der Waals surface area contributed by atoms with Crippen LogP contribution in [0.4, 0.5) is 0 Å². The molecule has 16 heavy (non-hydrogen) atoms. The summed E-state index contributed by atoms with van der Waals surface area (Å²) < 4.78 is 5.00. The normalized spacial score (nSPS) is 26.3. The lowest BCUT2D eigenvalue weighted by molar-refractivity contribution is -0.121. The van der Waals surface area contributed by atoms with Crippen molar-refractivity contribution >= 4 is 5.91 Å². The monoisotopic (exact) mass is 228 g/mol. The Hall–Kier alpha value is -0.610. The van der Waals surface area contributed by atoms with Gasteiger partial charge in [-0.15, -0.1) is 0 Å². The second kappa shape index (κ2) is 5.64. The molecule has 2 unspecified atom stereocenters. The van der Waals surface area contributed by atoms with E-state index in [2.05, 4.69) is 19.2 Å². The first kappa shape index (κ1) is 13.5. The summed E-state index contributed by atoms with van der Waals surface area (Å²) in [5.74, 6) is -0.328. The highest BCUT2D eigenvalue weighted by atomic mass is 16.5. The predicted octanol–water partition coefficient (Wildman–Crippen LogP) is 1.05. The summed E-state index contributed by atoms with van der Waals surface area (Å²) in [4.78, 5) is 11.2. The van der Waals surface area contributed by atoms with Crippen LogP contribution < -0.4 is 11.1 Å². The Morgan fingerprint density at radius 1 is 1.62 bits per heavy atom. The third-order valence-corrected chi connectivity index (χ3v) is 3.32. The van der Waals surface area contributed by atoms with E-state index in [4.69, 9.17) is 10.5 Å². The molecular weight excluding hydrogens is 204 g/mol. The largest absolute Gasteiger partial charge is 0.383 e. The standard InChI is InChI=1S/C12H24N2O2/c1-12(2)6-4-5-9(7-12)14-10(8-16-3)11(13)15/h9-10,14H,4-8H2,1-3H3,(H2,13,15). The molecule has 94 valence electrons. The number of nitrogens with two attached hydrogens (primary N) is 1. The topological polar surface area (TPSA) is 64.3 Å². The summed E-state index contributed by atoms with van der Waals surface area (Å²) in [6.07, 6.45) is 4.69. The molecule has 1 aliphatic carbocycles. The highest BCUT2D eigenvalue weighted by molar-refractivity contribution is 5.80. The minimum atomic E-state index is -0.358. The van der Waals surface area contributed by atoms with E-state index < -0.39 is 0 Å². The molecule has 1 amide bonds. The van der Waals surface area contributed by atoms with Gasteiger partial charge in [-0.2, -0.15) is 0 Å². The fraction of sp³-hybridized carbons (Fsp3) is 0.917. The summed E-state index contributed by atoms with van der Waals surface area (Å²) in [6.45, 7) is 4.90. The van der Waals surface area contributed by atoms with Gasteiger partial charge in [-0.25, -0.2) is 0 Å². The minimum absolute atomic E-state index is 0.328. The van der Waals surface area contributed by atoms with E-state index in [1.54, 1.807) is 7.11 Å². The van der Waals surface area contributed by atoms with Gasteiger partial charge in [-0.05, 0) is 24.7 Å². The summed E-state index contributed by atoms with van der Waals surface area (Å²) in [7, 11) is 1.59. The van der Waals surface area contributed by atoms with Gasteiger partial charge in [0.15, 0.2) is 0 Å². The van der Waals surface area contributed by atoms with Gasteiger partial charge in [-0.1, -0.05) is 20.3 Å². The maximum atomic E-state index is 11.2. The van der Waals surface area contributed by atoms with Crippen molar-refractivity contribution in [2.45, 2.75) is 51.6 Å². The first-order valence-corrected chi connectivity index (χ1v) is 5.99. The molecule has 1 rings (SSSR count). The molecule has 0 saturated heterocycles. The Balaban J connectivity index is 2.48. The van der Waals surface area contributed by atoms with E-state index in [1.807, 2.05) is 0 Å². The average molecular weight is 228 g/mol. The zero-order valence-electron chi connectivity index (χ0n) is 10.6. The number of amides is 1. The Kier molecular flexibility index (Phi) is 4.74. The van der Waals surface area contributed by atoms with E-state index in [9.17, 15) is 4.79 Å². The third-order valence-electron chi connectivity index (χ3n) is 3.32. The van der Waals surface area contributed by atoms with E-state index in [-0.39, 0.29) is 11.9 Å². The molecule has 0 heterocycles. The lowest BCUT2D eigenvalue weighted by Gasteiger charge is -2.37. The summed E-state index contributed by atoms with van der Waals surface area (Å²) in [5.41, 5.74) is 5.69. The van der Waals surface area contributed by atoms with Crippen LogP contribution in [-0.4, -0.2) is 31.7 Å². The van der Waals surface area contributed by atoms with Gasteiger partial charge >= 0.3 is 0 Å². The van der Waals surface area contributed by atoms with Crippen molar-refractivity contribution in [3.8, 4) is 0 Å². The first-order chi connectivity index (χ1) is 7.44. The molecule has 0 aromatic rings. The summed E-state index contributed by atoms with van der Waals surface area (Å²) in [5, 5.41) is 3.31. The number of methoxy groups -OCH3 is 1. The lowest BCUT2D eigenvalue weighted by atomic mass is 9.75. The summed E-state index contributed by atoms with van der Waals surface area (Å²) in [6, 6.07) is 0.0281. The van der Waals surface area contributed by atoms with E-state index >= 15 is 0 Å². The SMILES string of the molecule is COCC(NC1CCCC(C)(C)C1)C(N)=O. The van der Waals surface area contributed by atoms with Crippen LogP contribution in [-0.2, 0) is 9.53 Å². The molecule has 4 heteroatoms. The maximum absolute atomic E-state index is 11.2. The van der Waals surface area contributed by atoms with Crippen LogP contribution in [0.3, 0.4) is 0 Å². The van der Waals surface area contributed by atoms with Crippen molar-refractivity contribution in [1.82, 2.24) is 5.32 Å². The minimum Gasteiger partial charge on any atom is -0.383 e. The van der Waals surface area contributed by atoms with Crippen molar-refractivity contribution < 1.29 is 9.53 Å². The lowest BCUT2D eigenvalue weighted by Crippen LogP contribution is -2.51. The molecule has 0 bridgehead atoms. The first-order valence-electron chi connectivity index (χ1n) is 5.99. The fourth-order valence-electron chi connectivity index (χ4n) is 2.50. The van der Waals surface area contributed by atoms with Gasteiger partial charge in [-0.3, -0.25) is 4.79 Å². The van der Waals surface area contributed by atoms with Crippen LogP contribution in [0.25, 0.3) is 0 Å². The quantitative estimate of drug-likeness (QED) is 0.739. The van der Waals surface area contributed by atoms with Crippen molar-refractivity contribution in [2.24, 2.45) is 11.1 Å². The molecule has 0 aromatic heterocycles. The molecule has 1 saturated carbocycles. The van der Waals surface area contributed by atoms with Crippen LogP contribution in [0.15, 0.2) is 0 Å². The zero-order chi connectivity index (χ0) is 12.2. The Bertz CT molecular complexity index is 241. The van der Waals surface area contributed by atoms with E-state index in [0.717, 1.165) is 12.8 Å².